The van der Waals surface area contributed by atoms with Crippen molar-refractivity contribution in [3.63, 3.8) is 0 Å². The van der Waals surface area contributed by atoms with Gasteiger partial charge < -0.3 is 15.1 Å². The molecule has 1 aromatic carbocycles. The highest BCUT2D eigenvalue weighted by molar-refractivity contribution is 6.04. The molecule has 0 bridgehead atoms. The summed E-state index contributed by atoms with van der Waals surface area (Å²) in [4.78, 5) is 32.5. The van der Waals surface area contributed by atoms with Crippen molar-refractivity contribution in [2.45, 2.75) is 20.3 Å². The highest BCUT2D eigenvalue weighted by atomic mass is 16.2. The van der Waals surface area contributed by atoms with E-state index in [1.807, 2.05) is 55.1 Å². The van der Waals surface area contributed by atoms with Crippen molar-refractivity contribution in [2.24, 2.45) is 0 Å². The van der Waals surface area contributed by atoms with Crippen LogP contribution in [0.15, 0.2) is 42.6 Å². The molecule has 0 saturated carbocycles. The summed E-state index contributed by atoms with van der Waals surface area (Å²) in [5, 5.41) is 2.86. The summed E-state index contributed by atoms with van der Waals surface area (Å²) in [7, 11) is 0. The Morgan fingerprint density at radius 3 is 2.31 bits per heavy atom. The number of hydrogen-bond donors (Lipinski definition) is 1. The first-order valence-electron chi connectivity index (χ1n) is 8.93. The monoisotopic (exact) mass is 352 g/mol. The quantitative estimate of drug-likeness (QED) is 0.919. The number of nitrogens with one attached hydrogen (secondary N) is 1. The molecule has 0 atom stereocenters. The van der Waals surface area contributed by atoms with E-state index < -0.39 is 0 Å². The molecule has 0 aliphatic carbocycles. The van der Waals surface area contributed by atoms with Crippen molar-refractivity contribution in [3.05, 3.63) is 53.7 Å². The normalized spacial score (nSPS) is 14.2. The Labute approximate surface area is 153 Å². The predicted molar refractivity (Wildman–Crippen MR) is 102 cm³/mol. The number of nitrogens with zero attached hydrogens (tertiary/aromatic N) is 3. The lowest BCUT2D eigenvalue weighted by atomic mass is 10.1. The lowest BCUT2D eigenvalue weighted by Gasteiger charge is -2.35. The number of anilines is 2. The minimum Gasteiger partial charge on any atom is -0.353 e. The Morgan fingerprint density at radius 1 is 1.04 bits per heavy atom. The van der Waals surface area contributed by atoms with E-state index in [0.29, 0.717) is 17.7 Å². The van der Waals surface area contributed by atoms with Gasteiger partial charge in [-0.3, -0.25) is 9.59 Å². The van der Waals surface area contributed by atoms with E-state index in [-0.39, 0.29) is 11.8 Å². The third-order valence-corrected chi connectivity index (χ3v) is 4.58. The van der Waals surface area contributed by atoms with Gasteiger partial charge in [0.2, 0.25) is 5.91 Å². The standard InChI is InChI=1S/C20H24N4O2/c1-3-19(25)24-12-10-23(11-13-24)18-9-8-17(14-21-18)22-20(26)16-6-4-15(2)5-7-16/h4-9,14H,3,10-13H2,1-2H3,(H,22,26). The van der Waals surface area contributed by atoms with E-state index >= 15 is 0 Å². The molecule has 2 amide bonds. The van der Waals surface area contributed by atoms with Crippen molar-refractivity contribution in [1.29, 1.82) is 0 Å². The third-order valence-electron chi connectivity index (χ3n) is 4.58. The van der Waals surface area contributed by atoms with Gasteiger partial charge in [0.15, 0.2) is 0 Å². The molecule has 1 aromatic heterocycles. The average Bonchev–Trinajstić information content (AvgIpc) is 2.68. The average molecular weight is 352 g/mol. The largest absolute Gasteiger partial charge is 0.353 e. The molecule has 6 nitrogen and oxygen atoms in total. The number of rotatable bonds is 4. The van der Waals surface area contributed by atoms with Gasteiger partial charge in [-0.05, 0) is 31.2 Å². The second-order valence-corrected chi connectivity index (χ2v) is 6.45. The number of hydrogen-bond acceptors (Lipinski definition) is 4. The second-order valence-electron chi connectivity index (χ2n) is 6.45. The van der Waals surface area contributed by atoms with Gasteiger partial charge in [-0.15, -0.1) is 0 Å². The number of aryl methyl sites for hydroxylation is 1. The molecular formula is C20H24N4O2. The zero-order valence-corrected chi connectivity index (χ0v) is 15.2. The maximum atomic E-state index is 12.3. The molecule has 1 aliphatic rings. The van der Waals surface area contributed by atoms with E-state index in [0.717, 1.165) is 37.6 Å². The van der Waals surface area contributed by atoms with Gasteiger partial charge in [0, 0.05) is 38.2 Å². The maximum Gasteiger partial charge on any atom is 0.255 e. The van der Waals surface area contributed by atoms with Crippen LogP contribution in [0, 0.1) is 6.92 Å². The van der Waals surface area contributed by atoms with Gasteiger partial charge in [0.25, 0.3) is 5.91 Å². The van der Waals surface area contributed by atoms with E-state index in [1.54, 1.807) is 6.20 Å². The van der Waals surface area contributed by atoms with E-state index in [4.69, 9.17) is 0 Å². The van der Waals surface area contributed by atoms with Gasteiger partial charge in [-0.25, -0.2) is 4.98 Å². The summed E-state index contributed by atoms with van der Waals surface area (Å²) in [6.07, 6.45) is 2.22. The summed E-state index contributed by atoms with van der Waals surface area (Å²) >= 11 is 0. The maximum absolute atomic E-state index is 12.3. The van der Waals surface area contributed by atoms with Crippen molar-refractivity contribution < 1.29 is 9.59 Å². The van der Waals surface area contributed by atoms with E-state index in [2.05, 4.69) is 15.2 Å². The lowest BCUT2D eigenvalue weighted by molar-refractivity contribution is -0.131. The first-order chi connectivity index (χ1) is 12.6. The number of carbonyl (C=O) groups excluding carboxylic acids is 2. The van der Waals surface area contributed by atoms with Gasteiger partial charge >= 0.3 is 0 Å². The zero-order chi connectivity index (χ0) is 18.5. The number of benzene rings is 1. The van der Waals surface area contributed by atoms with Crippen molar-refractivity contribution in [2.75, 3.05) is 36.4 Å². The number of aromatic nitrogens is 1. The van der Waals surface area contributed by atoms with Crippen LogP contribution in [-0.4, -0.2) is 47.9 Å². The van der Waals surface area contributed by atoms with Gasteiger partial charge in [0.05, 0.1) is 11.9 Å². The number of carbonyl (C=O) groups is 2. The minimum atomic E-state index is -0.147. The molecule has 6 heteroatoms. The summed E-state index contributed by atoms with van der Waals surface area (Å²) in [5.74, 6) is 0.917. The van der Waals surface area contributed by atoms with Gasteiger partial charge in [-0.2, -0.15) is 0 Å². The molecule has 1 N–H and O–H groups in total. The summed E-state index contributed by atoms with van der Waals surface area (Å²) in [5.41, 5.74) is 2.41. The molecule has 1 aliphatic heterocycles. The topological polar surface area (TPSA) is 65.5 Å². The molecule has 1 saturated heterocycles. The van der Waals surface area contributed by atoms with Crippen LogP contribution in [-0.2, 0) is 4.79 Å². The van der Waals surface area contributed by atoms with Crippen LogP contribution in [0.4, 0.5) is 11.5 Å². The number of piperazine rings is 1. The van der Waals surface area contributed by atoms with Crippen LogP contribution < -0.4 is 10.2 Å². The molecular weight excluding hydrogens is 328 g/mol. The lowest BCUT2D eigenvalue weighted by Crippen LogP contribution is -2.48. The van der Waals surface area contributed by atoms with Gasteiger partial charge in [-0.1, -0.05) is 24.6 Å². The van der Waals surface area contributed by atoms with E-state index in [1.165, 1.54) is 0 Å². The first kappa shape index (κ1) is 17.9. The SMILES string of the molecule is CCC(=O)N1CCN(c2ccc(NC(=O)c3ccc(C)cc3)cn2)CC1. The van der Waals surface area contributed by atoms with Crippen molar-refractivity contribution >= 4 is 23.3 Å². The summed E-state index contributed by atoms with van der Waals surface area (Å²) in [6.45, 7) is 6.87. The molecule has 2 heterocycles. The molecule has 0 spiro atoms. The van der Waals surface area contributed by atoms with Crippen LogP contribution >= 0.6 is 0 Å². The van der Waals surface area contributed by atoms with Crippen LogP contribution in [0.2, 0.25) is 0 Å². The Kier molecular flexibility index (Phi) is 5.51. The Balaban J connectivity index is 1.58. The van der Waals surface area contributed by atoms with E-state index in [9.17, 15) is 9.59 Å². The molecule has 2 aromatic rings. The highest BCUT2D eigenvalue weighted by Gasteiger charge is 2.20. The minimum absolute atomic E-state index is 0.147. The fraction of sp³-hybridized carbons (Fsp3) is 0.350. The predicted octanol–water partition coefficient (Wildman–Crippen LogP) is 2.70. The van der Waals surface area contributed by atoms with Gasteiger partial charge in [0.1, 0.15) is 5.82 Å². The molecule has 1 fully saturated rings. The molecule has 26 heavy (non-hydrogen) atoms. The fourth-order valence-electron chi connectivity index (χ4n) is 2.96. The first-order valence-corrected chi connectivity index (χ1v) is 8.93. The van der Waals surface area contributed by atoms with Crippen molar-refractivity contribution in [1.82, 2.24) is 9.88 Å². The molecule has 0 radical (unpaired) electrons. The molecule has 136 valence electrons. The van der Waals surface area contributed by atoms with Crippen molar-refractivity contribution in [3.8, 4) is 0 Å². The Hall–Kier alpha value is -2.89. The van der Waals surface area contributed by atoms with Crippen LogP contribution in [0.1, 0.15) is 29.3 Å². The smallest absolute Gasteiger partial charge is 0.255 e. The van der Waals surface area contributed by atoms with Crippen LogP contribution in [0.5, 0.6) is 0 Å². The van der Waals surface area contributed by atoms with Crippen LogP contribution in [0.25, 0.3) is 0 Å². The summed E-state index contributed by atoms with van der Waals surface area (Å²) in [6, 6.07) is 11.2. The molecule has 0 unspecified atom stereocenters. The number of amides is 2. The zero-order valence-electron chi connectivity index (χ0n) is 15.2. The Morgan fingerprint density at radius 2 is 1.73 bits per heavy atom. The van der Waals surface area contributed by atoms with Crippen LogP contribution in [0.3, 0.4) is 0 Å². The molecule has 3 rings (SSSR count). The fourth-order valence-corrected chi connectivity index (χ4v) is 2.96. The third kappa shape index (κ3) is 4.20. The Bertz CT molecular complexity index is 763. The summed E-state index contributed by atoms with van der Waals surface area (Å²) < 4.78 is 0. The highest BCUT2D eigenvalue weighted by Crippen LogP contribution is 2.17. The second kappa shape index (κ2) is 7.99. The number of pyridine rings is 1.